The Kier molecular flexibility index (Phi) is 52.6. The summed E-state index contributed by atoms with van der Waals surface area (Å²) in [5, 5.41) is 57.0. The fraction of sp³-hybridized carbons (Fsp3) is 0.824. The van der Waals surface area contributed by atoms with Crippen LogP contribution in [0.3, 0.4) is 0 Å². The summed E-state index contributed by atoms with van der Waals surface area (Å²) in [6.07, 6.45) is 59.7. The third-order valence-corrected chi connectivity index (χ3v) is 15.4. The molecular weight excluding hydrogens is 991 g/mol. The van der Waals surface area contributed by atoms with Crippen LogP contribution in [-0.4, -0.2) is 99.6 Å². The number of aliphatic hydroxyl groups excluding tert-OH is 5. The SMILES string of the molecule is CCCCC/C=C\C/C=C\C/C=C\C/C=C\CCCCCCCCCCCC(=O)OC1C(OCC(NC(=O)C(O)CCCCCCCCCCCCCCC)C(O)/C=C/CCCCCCCCCCCC)OC(CO)C(O)C1O. The summed E-state index contributed by atoms with van der Waals surface area (Å²) in [4.78, 5) is 26.6. The van der Waals surface area contributed by atoms with Gasteiger partial charge in [0.05, 0.1) is 25.4 Å². The summed E-state index contributed by atoms with van der Waals surface area (Å²) < 4.78 is 17.6. The quantitative estimate of drug-likeness (QED) is 0.0195. The number of allylic oxidation sites excluding steroid dienone is 9. The Hall–Kier alpha value is -2.64. The van der Waals surface area contributed by atoms with Crippen molar-refractivity contribution in [2.75, 3.05) is 13.2 Å². The number of hydrogen-bond acceptors (Lipinski definition) is 10. The highest BCUT2D eigenvalue weighted by molar-refractivity contribution is 5.80. The standard InChI is InChI=1S/C68H123NO10/c1-4-7-10-13-16-19-22-25-26-27-28-29-30-31-32-33-34-35-36-38-41-44-47-50-53-56-63(73)79-66-65(75)64(74)62(57-70)78-68(66)77-58-59(60(71)54-51-48-45-42-39-24-21-18-15-12-9-6-3)69-67(76)61(72)55-52-49-46-43-40-37-23-20-17-14-11-8-5-2/h16,19,25-26,28-29,31-32,51,54,59-62,64-66,68,70-72,74-75H,4-15,17-18,20-24,27,30,33-50,52-53,55-58H2,1-3H3,(H,69,76)/b19-16-,26-25-,29-28-,32-31-,54-51+. The molecular formula is C68H123NO10. The second-order valence-electron chi connectivity index (χ2n) is 22.9. The lowest BCUT2D eigenvalue weighted by molar-refractivity contribution is -0.305. The molecule has 1 fully saturated rings. The van der Waals surface area contributed by atoms with Crippen molar-refractivity contribution in [3.05, 3.63) is 60.8 Å². The number of carbonyl (C=O) groups is 2. The van der Waals surface area contributed by atoms with E-state index in [0.29, 0.717) is 19.3 Å². The van der Waals surface area contributed by atoms with Crippen molar-refractivity contribution in [3.8, 4) is 0 Å². The van der Waals surface area contributed by atoms with E-state index in [1.54, 1.807) is 6.08 Å². The molecule has 460 valence electrons. The second-order valence-corrected chi connectivity index (χ2v) is 22.9. The van der Waals surface area contributed by atoms with E-state index in [1.165, 1.54) is 161 Å². The zero-order valence-electron chi connectivity index (χ0n) is 51.0. The molecule has 8 unspecified atom stereocenters. The Morgan fingerprint density at radius 2 is 0.873 bits per heavy atom. The molecule has 8 atom stereocenters. The van der Waals surface area contributed by atoms with Crippen LogP contribution in [0.5, 0.6) is 0 Å². The van der Waals surface area contributed by atoms with Crippen molar-refractivity contribution in [2.45, 2.75) is 346 Å². The molecule has 1 aliphatic rings. The molecule has 0 bridgehead atoms. The van der Waals surface area contributed by atoms with Crippen LogP contribution in [0.25, 0.3) is 0 Å². The van der Waals surface area contributed by atoms with E-state index in [1.807, 2.05) is 6.08 Å². The fourth-order valence-electron chi connectivity index (χ4n) is 10.2. The number of amides is 1. The molecule has 1 amide bonds. The van der Waals surface area contributed by atoms with Gasteiger partial charge in [0.1, 0.15) is 24.4 Å². The summed E-state index contributed by atoms with van der Waals surface area (Å²) in [6, 6.07) is -1.02. The van der Waals surface area contributed by atoms with Crippen molar-refractivity contribution < 1.29 is 49.3 Å². The van der Waals surface area contributed by atoms with Crippen LogP contribution in [0.2, 0.25) is 0 Å². The number of aliphatic hydroxyl groups is 5. The Labute approximate surface area is 484 Å². The van der Waals surface area contributed by atoms with Gasteiger partial charge in [-0.25, -0.2) is 0 Å². The molecule has 1 aliphatic heterocycles. The first kappa shape index (κ1) is 74.4. The van der Waals surface area contributed by atoms with Crippen LogP contribution in [0, 0.1) is 0 Å². The first-order valence-corrected chi connectivity index (χ1v) is 33.1. The van der Waals surface area contributed by atoms with E-state index >= 15 is 0 Å². The van der Waals surface area contributed by atoms with Gasteiger partial charge in [-0.1, -0.05) is 281 Å². The van der Waals surface area contributed by atoms with Crippen LogP contribution in [0.1, 0.15) is 297 Å². The van der Waals surface area contributed by atoms with Gasteiger partial charge in [0.25, 0.3) is 0 Å². The predicted octanol–water partition coefficient (Wildman–Crippen LogP) is 16.2. The maximum atomic E-state index is 13.4. The van der Waals surface area contributed by atoms with Crippen molar-refractivity contribution in [2.24, 2.45) is 0 Å². The van der Waals surface area contributed by atoms with Gasteiger partial charge < -0.3 is 45.1 Å². The Morgan fingerprint density at radius 1 is 0.494 bits per heavy atom. The molecule has 6 N–H and O–H groups in total. The van der Waals surface area contributed by atoms with Gasteiger partial charge in [-0.05, 0) is 70.6 Å². The highest BCUT2D eigenvalue weighted by atomic mass is 16.7. The average molecular weight is 1110 g/mol. The lowest BCUT2D eigenvalue weighted by Gasteiger charge is -2.41. The molecule has 11 nitrogen and oxygen atoms in total. The molecule has 1 rings (SSSR count). The Bertz CT molecular complexity index is 1510. The fourth-order valence-corrected chi connectivity index (χ4v) is 10.2. The predicted molar refractivity (Wildman–Crippen MR) is 329 cm³/mol. The van der Waals surface area contributed by atoms with E-state index in [4.69, 9.17) is 14.2 Å². The number of unbranched alkanes of at least 4 members (excludes halogenated alkanes) is 34. The molecule has 79 heavy (non-hydrogen) atoms. The highest BCUT2D eigenvalue weighted by Crippen LogP contribution is 2.26. The second kappa shape index (κ2) is 55.9. The summed E-state index contributed by atoms with van der Waals surface area (Å²) >= 11 is 0. The van der Waals surface area contributed by atoms with Crippen molar-refractivity contribution >= 4 is 11.9 Å². The van der Waals surface area contributed by atoms with E-state index < -0.39 is 67.4 Å². The van der Waals surface area contributed by atoms with Crippen LogP contribution < -0.4 is 5.32 Å². The molecule has 1 heterocycles. The smallest absolute Gasteiger partial charge is 0.306 e. The van der Waals surface area contributed by atoms with Gasteiger partial charge >= 0.3 is 5.97 Å². The molecule has 0 aromatic carbocycles. The molecule has 0 radical (unpaired) electrons. The molecule has 1 saturated heterocycles. The van der Waals surface area contributed by atoms with Gasteiger partial charge in [0.15, 0.2) is 12.4 Å². The van der Waals surface area contributed by atoms with E-state index in [2.05, 4.69) is 74.7 Å². The third kappa shape index (κ3) is 43.7. The summed E-state index contributed by atoms with van der Waals surface area (Å²) in [6.45, 7) is 5.77. The number of esters is 1. The number of carbonyl (C=O) groups excluding carboxylic acids is 2. The summed E-state index contributed by atoms with van der Waals surface area (Å²) in [5.74, 6) is -1.19. The van der Waals surface area contributed by atoms with Gasteiger partial charge in [-0.15, -0.1) is 0 Å². The molecule has 0 saturated carbocycles. The van der Waals surface area contributed by atoms with Crippen LogP contribution in [0.4, 0.5) is 0 Å². The third-order valence-electron chi connectivity index (χ3n) is 15.4. The summed E-state index contributed by atoms with van der Waals surface area (Å²) in [7, 11) is 0. The maximum Gasteiger partial charge on any atom is 0.306 e. The topological polar surface area (TPSA) is 175 Å². The van der Waals surface area contributed by atoms with Crippen LogP contribution in [-0.2, 0) is 23.8 Å². The average Bonchev–Trinajstić information content (AvgIpc) is 3.49. The lowest BCUT2D eigenvalue weighted by Crippen LogP contribution is -2.61. The molecule has 0 spiro atoms. The Balaban J connectivity index is 2.59. The normalized spacial score (nSPS) is 19.2. The molecule has 0 aromatic rings. The van der Waals surface area contributed by atoms with E-state index in [-0.39, 0.29) is 13.0 Å². The molecule has 0 aromatic heterocycles. The zero-order chi connectivity index (χ0) is 57.5. The van der Waals surface area contributed by atoms with Gasteiger partial charge in [-0.2, -0.15) is 0 Å². The summed E-state index contributed by atoms with van der Waals surface area (Å²) in [5.41, 5.74) is 0. The largest absolute Gasteiger partial charge is 0.454 e. The monoisotopic (exact) mass is 1110 g/mol. The van der Waals surface area contributed by atoms with Gasteiger partial charge in [-0.3, -0.25) is 9.59 Å². The highest BCUT2D eigenvalue weighted by Gasteiger charge is 2.47. The van der Waals surface area contributed by atoms with E-state index in [9.17, 15) is 35.1 Å². The van der Waals surface area contributed by atoms with Crippen LogP contribution in [0.15, 0.2) is 60.8 Å². The first-order valence-electron chi connectivity index (χ1n) is 33.1. The minimum absolute atomic E-state index is 0.116. The minimum Gasteiger partial charge on any atom is -0.454 e. The maximum absolute atomic E-state index is 13.4. The van der Waals surface area contributed by atoms with Gasteiger partial charge in [0.2, 0.25) is 5.91 Å². The zero-order valence-corrected chi connectivity index (χ0v) is 51.0. The Morgan fingerprint density at radius 3 is 1.33 bits per heavy atom. The molecule has 0 aliphatic carbocycles. The number of nitrogens with one attached hydrogen (secondary N) is 1. The minimum atomic E-state index is -1.62. The van der Waals surface area contributed by atoms with Crippen LogP contribution >= 0.6 is 0 Å². The van der Waals surface area contributed by atoms with Crippen molar-refractivity contribution in [3.63, 3.8) is 0 Å². The number of ether oxygens (including phenoxy) is 3. The molecule has 11 heteroatoms. The lowest BCUT2D eigenvalue weighted by atomic mass is 9.99. The van der Waals surface area contributed by atoms with E-state index in [0.717, 1.165) is 89.9 Å². The van der Waals surface area contributed by atoms with Gasteiger partial charge in [0, 0.05) is 6.42 Å². The van der Waals surface area contributed by atoms with Crippen molar-refractivity contribution in [1.29, 1.82) is 0 Å². The first-order chi connectivity index (χ1) is 38.7. The number of rotatable bonds is 56. The van der Waals surface area contributed by atoms with Crippen molar-refractivity contribution in [1.82, 2.24) is 5.32 Å². The number of hydrogen-bond donors (Lipinski definition) is 6.